The lowest BCUT2D eigenvalue weighted by molar-refractivity contribution is 0.467. The van der Waals surface area contributed by atoms with Crippen LogP contribution in [0, 0.1) is 11.3 Å². The topological polar surface area (TPSA) is 90.2 Å². The molecule has 2 aromatic carbocycles. The molecule has 0 bridgehead atoms. The Labute approximate surface area is 117 Å². The molecule has 6 heteroatoms. The van der Waals surface area contributed by atoms with Crippen LogP contribution < -0.4 is 4.72 Å². The fourth-order valence-electron chi connectivity index (χ4n) is 1.70. The van der Waals surface area contributed by atoms with Crippen molar-refractivity contribution in [2.24, 2.45) is 0 Å². The Bertz CT molecular complexity index is 764. The van der Waals surface area contributed by atoms with Crippen molar-refractivity contribution >= 4 is 10.0 Å². The van der Waals surface area contributed by atoms with Crippen molar-refractivity contribution in [3.63, 3.8) is 0 Å². The molecule has 0 heterocycles. The molecule has 5 nitrogen and oxygen atoms in total. The summed E-state index contributed by atoms with van der Waals surface area (Å²) < 4.78 is 26.7. The van der Waals surface area contributed by atoms with Crippen LogP contribution in [0.25, 0.3) is 0 Å². The number of benzene rings is 2. The van der Waals surface area contributed by atoms with Crippen LogP contribution in [0.2, 0.25) is 0 Å². The lowest BCUT2D eigenvalue weighted by atomic mass is 10.2. The molecule has 2 rings (SSSR count). The summed E-state index contributed by atoms with van der Waals surface area (Å²) in [6, 6.07) is 14.2. The predicted molar refractivity (Wildman–Crippen MR) is 73.3 cm³/mol. The molecule has 0 saturated carbocycles. The molecule has 0 unspecified atom stereocenters. The van der Waals surface area contributed by atoms with Crippen molar-refractivity contribution < 1.29 is 13.5 Å². The molecule has 0 atom stereocenters. The van der Waals surface area contributed by atoms with Crippen molar-refractivity contribution in [2.75, 3.05) is 0 Å². The van der Waals surface area contributed by atoms with Crippen LogP contribution >= 0.6 is 0 Å². The highest BCUT2D eigenvalue weighted by Crippen LogP contribution is 2.18. The van der Waals surface area contributed by atoms with Crippen molar-refractivity contribution in [1.29, 1.82) is 5.26 Å². The Morgan fingerprint density at radius 2 is 1.75 bits per heavy atom. The lowest BCUT2D eigenvalue weighted by Crippen LogP contribution is -2.24. The van der Waals surface area contributed by atoms with Gasteiger partial charge in [0, 0.05) is 12.1 Å². The quantitative estimate of drug-likeness (QED) is 0.896. The molecule has 102 valence electrons. The van der Waals surface area contributed by atoms with Crippen LogP contribution in [0.4, 0.5) is 0 Å². The molecular formula is C14H12N2O3S. The van der Waals surface area contributed by atoms with Crippen molar-refractivity contribution in [2.45, 2.75) is 11.4 Å². The number of sulfonamides is 1. The van der Waals surface area contributed by atoms with E-state index in [0.29, 0.717) is 5.56 Å². The van der Waals surface area contributed by atoms with Crippen LogP contribution in [0.15, 0.2) is 53.4 Å². The zero-order valence-corrected chi connectivity index (χ0v) is 11.3. The molecule has 0 fully saturated rings. The second-order valence-corrected chi connectivity index (χ2v) is 5.80. The average molecular weight is 288 g/mol. The molecule has 0 amide bonds. The number of para-hydroxylation sites is 1. The Morgan fingerprint density at radius 1 is 1.10 bits per heavy atom. The largest absolute Gasteiger partial charge is 0.508 e. The summed E-state index contributed by atoms with van der Waals surface area (Å²) in [6.07, 6.45) is 0. The van der Waals surface area contributed by atoms with Gasteiger partial charge in [-0.25, -0.2) is 13.1 Å². The summed E-state index contributed by atoms with van der Waals surface area (Å²) in [7, 11) is -3.80. The van der Waals surface area contributed by atoms with Crippen molar-refractivity contribution in [1.82, 2.24) is 4.72 Å². The summed E-state index contributed by atoms with van der Waals surface area (Å²) in [4.78, 5) is -0.0714. The number of aromatic hydroxyl groups is 1. The fourth-order valence-corrected chi connectivity index (χ4v) is 2.87. The van der Waals surface area contributed by atoms with E-state index in [1.54, 1.807) is 30.3 Å². The number of nitriles is 1. The molecule has 20 heavy (non-hydrogen) atoms. The van der Waals surface area contributed by atoms with Crippen LogP contribution in [0.1, 0.15) is 11.1 Å². The fraction of sp³-hybridized carbons (Fsp3) is 0.0714. The maximum absolute atomic E-state index is 12.2. The first-order valence-corrected chi connectivity index (χ1v) is 7.28. The van der Waals surface area contributed by atoms with Gasteiger partial charge in [0.15, 0.2) is 0 Å². The summed E-state index contributed by atoms with van der Waals surface area (Å²) in [6.45, 7) is -0.0469. The number of hydrogen-bond acceptors (Lipinski definition) is 4. The zero-order chi connectivity index (χ0) is 14.6. The van der Waals surface area contributed by atoms with E-state index in [-0.39, 0.29) is 22.8 Å². The second kappa shape index (κ2) is 5.74. The number of nitrogens with zero attached hydrogens (tertiary/aromatic N) is 1. The van der Waals surface area contributed by atoms with E-state index in [1.807, 2.05) is 6.07 Å². The summed E-state index contributed by atoms with van der Waals surface area (Å²) >= 11 is 0. The maximum atomic E-state index is 12.2. The first-order chi connectivity index (χ1) is 9.54. The Morgan fingerprint density at radius 3 is 2.45 bits per heavy atom. The molecule has 0 aliphatic carbocycles. The van der Waals surface area contributed by atoms with Gasteiger partial charge in [-0.15, -0.1) is 0 Å². The average Bonchev–Trinajstić information content (AvgIpc) is 2.46. The molecule has 0 aromatic heterocycles. The summed E-state index contributed by atoms with van der Waals surface area (Å²) in [5.74, 6) is 0.0174. The van der Waals surface area contributed by atoms with Crippen LogP contribution in [0.3, 0.4) is 0 Å². The minimum absolute atomic E-state index is 0.0174. The van der Waals surface area contributed by atoms with E-state index in [0.717, 1.165) is 0 Å². The van der Waals surface area contributed by atoms with Gasteiger partial charge in [0.25, 0.3) is 0 Å². The molecule has 0 radical (unpaired) electrons. The Kier molecular flexibility index (Phi) is 4.03. The number of nitrogens with one attached hydrogen (secondary N) is 1. The van der Waals surface area contributed by atoms with E-state index in [2.05, 4.69) is 4.72 Å². The van der Waals surface area contributed by atoms with Crippen molar-refractivity contribution in [3.8, 4) is 11.8 Å². The second-order valence-electron chi connectivity index (χ2n) is 4.06. The molecular weight excluding hydrogens is 276 g/mol. The number of phenols is 1. The molecule has 0 aliphatic rings. The van der Waals surface area contributed by atoms with E-state index in [1.165, 1.54) is 18.2 Å². The first-order valence-electron chi connectivity index (χ1n) is 5.80. The van der Waals surface area contributed by atoms with E-state index >= 15 is 0 Å². The van der Waals surface area contributed by atoms with Gasteiger partial charge in [-0.2, -0.15) is 5.26 Å². The normalized spacial score (nSPS) is 10.9. The Hall–Kier alpha value is -2.36. The summed E-state index contributed by atoms with van der Waals surface area (Å²) in [5.41, 5.74) is 0.544. The predicted octanol–water partition coefficient (Wildman–Crippen LogP) is 1.74. The van der Waals surface area contributed by atoms with Gasteiger partial charge >= 0.3 is 0 Å². The first kappa shape index (κ1) is 14.1. The minimum atomic E-state index is -3.80. The van der Waals surface area contributed by atoms with Gasteiger partial charge in [-0.1, -0.05) is 30.3 Å². The highest BCUT2D eigenvalue weighted by atomic mass is 32.2. The molecule has 0 spiro atoms. The maximum Gasteiger partial charge on any atom is 0.242 e. The van der Waals surface area contributed by atoms with E-state index in [4.69, 9.17) is 5.26 Å². The molecule has 2 aromatic rings. The van der Waals surface area contributed by atoms with Crippen molar-refractivity contribution in [3.05, 3.63) is 59.7 Å². The SMILES string of the molecule is N#Cc1ccccc1S(=O)(=O)NCc1ccccc1O. The molecule has 0 aliphatic heterocycles. The standard InChI is InChI=1S/C14H12N2O3S/c15-9-11-5-2-4-8-14(11)20(18,19)16-10-12-6-1-3-7-13(12)17/h1-8,16-17H,10H2. The number of phenolic OH excluding ortho intramolecular Hbond substituents is 1. The van der Waals surface area contributed by atoms with Crippen LogP contribution in [0.5, 0.6) is 5.75 Å². The third-order valence-corrected chi connectivity index (χ3v) is 4.20. The van der Waals surface area contributed by atoms with Crippen LogP contribution in [-0.2, 0) is 16.6 Å². The van der Waals surface area contributed by atoms with Gasteiger partial charge in [-0.05, 0) is 18.2 Å². The van der Waals surface area contributed by atoms with Crippen LogP contribution in [-0.4, -0.2) is 13.5 Å². The summed E-state index contributed by atoms with van der Waals surface area (Å²) in [5, 5.41) is 18.5. The minimum Gasteiger partial charge on any atom is -0.508 e. The third-order valence-electron chi connectivity index (χ3n) is 2.74. The van der Waals surface area contributed by atoms with E-state index in [9.17, 15) is 13.5 Å². The third kappa shape index (κ3) is 2.96. The smallest absolute Gasteiger partial charge is 0.242 e. The van der Waals surface area contributed by atoms with Gasteiger partial charge in [0.05, 0.1) is 10.5 Å². The highest BCUT2D eigenvalue weighted by molar-refractivity contribution is 7.89. The zero-order valence-electron chi connectivity index (χ0n) is 10.4. The monoisotopic (exact) mass is 288 g/mol. The number of hydrogen-bond donors (Lipinski definition) is 2. The van der Waals surface area contributed by atoms with Gasteiger partial charge in [-0.3, -0.25) is 0 Å². The van der Waals surface area contributed by atoms with Gasteiger partial charge in [0.2, 0.25) is 10.0 Å². The number of rotatable bonds is 4. The lowest BCUT2D eigenvalue weighted by Gasteiger charge is -2.09. The molecule has 0 saturated heterocycles. The van der Waals surface area contributed by atoms with Gasteiger partial charge in [0.1, 0.15) is 11.8 Å². The Balaban J connectivity index is 2.25. The highest BCUT2D eigenvalue weighted by Gasteiger charge is 2.18. The van der Waals surface area contributed by atoms with E-state index < -0.39 is 10.0 Å². The van der Waals surface area contributed by atoms with Gasteiger partial charge < -0.3 is 5.11 Å². The molecule has 2 N–H and O–H groups in total.